The van der Waals surface area contributed by atoms with Crippen LogP contribution < -0.4 is 21.9 Å². The third-order valence-corrected chi connectivity index (χ3v) is 7.06. The summed E-state index contributed by atoms with van der Waals surface area (Å²) in [7, 11) is 3.25. The van der Waals surface area contributed by atoms with Crippen molar-refractivity contribution in [3.8, 4) is 0 Å². The Morgan fingerprint density at radius 3 is 2.78 bits per heavy atom. The molecular weight excluding hydrogens is 490 g/mol. The minimum atomic E-state index is -0.566. The van der Waals surface area contributed by atoms with Crippen molar-refractivity contribution >= 4 is 38.8 Å². The molecule has 37 heavy (non-hydrogen) atoms. The van der Waals surface area contributed by atoms with Crippen molar-refractivity contribution in [1.29, 1.82) is 0 Å². The number of hydrogen-bond donors (Lipinski definition) is 3. The molecule has 1 aliphatic rings. The molecule has 11 heteroatoms. The number of anilines is 2. The number of ether oxygens (including phenoxy) is 1. The van der Waals surface area contributed by atoms with E-state index < -0.39 is 6.04 Å². The molecule has 1 unspecified atom stereocenters. The van der Waals surface area contributed by atoms with Gasteiger partial charge in [0.05, 0.1) is 23.6 Å². The Bertz CT molecular complexity index is 1400. The first-order chi connectivity index (χ1) is 18.0. The molecule has 5 rings (SSSR count). The van der Waals surface area contributed by atoms with Crippen LogP contribution in [0.4, 0.5) is 11.5 Å². The number of hydrogen-bond acceptors (Lipinski definition) is 9. The molecule has 0 saturated heterocycles. The molecule has 0 radical (unpaired) electrons. The van der Waals surface area contributed by atoms with Crippen molar-refractivity contribution in [3.63, 3.8) is 0 Å². The van der Waals surface area contributed by atoms with Gasteiger partial charge in [0, 0.05) is 37.4 Å². The molecule has 10 nitrogen and oxygen atoms in total. The number of nitrogens with zero attached hydrogens (tertiary/aromatic N) is 4. The Balaban J connectivity index is 0.00000102. The minimum absolute atomic E-state index is 0.189. The van der Waals surface area contributed by atoms with Crippen LogP contribution in [0.5, 0.6) is 0 Å². The summed E-state index contributed by atoms with van der Waals surface area (Å²) in [6.45, 7) is 1.00. The third kappa shape index (κ3) is 6.30. The fourth-order valence-corrected chi connectivity index (χ4v) is 5.24. The van der Waals surface area contributed by atoms with Crippen molar-refractivity contribution in [1.82, 2.24) is 25.1 Å². The Morgan fingerprint density at radius 2 is 2.03 bits per heavy atom. The molecule has 1 amide bonds. The van der Waals surface area contributed by atoms with Gasteiger partial charge in [-0.2, -0.15) is 5.10 Å². The molecule has 0 saturated carbocycles. The van der Waals surface area contributed by atoms with Gasteiger partial charge >= 0.3 is 0 Å². The van der Waals surface area contributed by atoms with Crippen molar-refractivity contribution in [2.45, 2.75) is 38.3 Å². The zero-order valence-electron chi connectivity index (χ0n) is 20.9. The van der Waals surface area contributed by atoms with Gasteiger partial charge in [-0.05, 0) is 30.9 Å². The second-order valence-electron chi connectivity index (χ2n) is 8.68. The average molecular weight is 522 g/mol. The number of carbonyl (C=O) groups excluding carboxylic acids is 1. The van der Waals surface area contributed by atoms with Crippen molar-refractivity contribution in [3.05, 3.63) is 75.4 Å². The maximum Gasteiger partial charge on any atom is 0.277 e. The second-order valence-corrected chi connectivity index (χ2v) is 9.85. The molecule has 1 aliphatic heterocycles. The molecule has 4 heterocycles. The zero-order chi connectivity index (χ0) is 26.2. The number of methoxy groups -OCH3 is 1. The highest BCUT2D eigenvalue weighted by Crippen LogP contribution is 2.28. The van der Waals surface area contributed by atoms with E-state index in [1.807, 2.05) is 24.3 Å². The van der Waals surface area contributed by atoms with E-state index in [2.05, 4.69) is 42.7 Å². The topological polar surface area (TPSA) is 137 Å². The zero-order valence-corrected chi connectivity index (χ0v) is 21.8. The highest BCUT2D eigenvalue weighted by atomic mass is 32.1. The molecule has 4 N–H and O–H groups in total. The molecule has 4 aromatic rings. The summed E-state index contributed by atoms with van der Waals surface area (Å²) in [5.41, 5.74) is 7.37. The first kappa shape index (κ1) is 26.2. The summed E-state index contributed by atoms with van der Waals surface area (Å²) in [6, 6.07) is 11.6. The molecular formula is C26H31N7O3S. The first-order valence-electron chi connectivity index (χ1n) is 12.1. The summed E-state index contributed by atoms with van der Waals surface area (Å²) >= 11 is 1.51. The van der Waals surface area contributed by atoms with E-state index >= 15 is 0 Å². The van der Waals surface area contributed by atoms with Crippen LogP contribution in [-0.2, 0) is 28.9 Å². The smallest absolute Gasteiger partial charge is 0.277 e. The summed E-state index contributed by atoms with van der Waals surface area (Å²) in [5.74, 6) is 0.829. The number of fused-ring (bicyclic) bond motifs is 2. The highest BCUT2D eigenvalue weighted by Gasteiger charge is 2.31. The molecule has 0 bridgehead atoms. The highest BCUT2D eigenvalue weighted by molar-refractivity contribution is 7.19. The number of nitrogens with one attached hydrogen (secondary N) is 2. The van der Waals surface area contributed by atoms with E-state index in [0.29, 0.717) is 43.3 Å². The number of aryl methyl sites for hydroxylation is 2. The van der Waals surface area contributed by atoms with Gasteiger partial charge in [0.2, 0.25) is 5.91 Å². The van der Waals surface area contributed by atoms with E-state index in [4.69, 9.17) is 5.73 Å². The number of benzene rings is 1. The predicted octanol–water partition coefficient (Wildman–Crippen LogP) is 2.94. The molecule has 0 fully saturated rings. The lowest BCUT2D eigenvalue weighted by atomic mass is 10.1. The van der Waals surface area contributed by atoms with E-state index in [-0.39, 0.29) is 11.5 Å². The van der Waals surface area contributed by atoms with E-state index in [1.54, 1.807) is 26.6 Å². The van der Waals surface area contributed by atoms with Crippen LogP contribution in [-0.4, -0.2) is 46.4 Å². The second kappa shape index (κ2) is 12.4. The largest absolute Gasteiger partial charge is 0.388 e. The normalized spacial score (nSPS) is 14.1. The average Bonchev–Trinajstić information content (AvgIpc) is 3.53. The first-order valence-corrected chi connectivity index (χ1v) is 12.9. The van der Waals surface area contributed by atoms with Gasteiger partial charge in [-0.3, -0.25) is 14.2 Å². The number of nitrogens with two attached hydrogens (primary N) is 1. The van der Waals surface area contributed by atoms with Crippen LogP contribution in [0.15, 0.2) is 53.6 Å². The number of amides is 1. The lowest BCUT2D eigenvalue weighted by molar-refractivity contribution is -0.124. The predicted molar refractivity (Wildman–Crippen MR) is 146 cm³/mol. The summed E-state index contributed by atoms with van der Waals surface area (Å²) < 4.78 is 6.71. The summed E-state index contributed by atoms with van der Waals surface area (Å²) in [4.78, 5) is 31.5. The quantitative estimate of drug-likeness (QED) is 0.301. The van der Waals surface area contributed by atoms with Gasteiger partial charge in [-0.25, -0.2) is 4.98 Å². The van der Waals surface area contributed by atoms with Gasteiger partial charge in [-0.1, -0.05) is 30.3 Å². The number of nitrogen functional groups attached to an aromatic ring is 1. The molecule has 1 atom stereocenters. The SMILES string of the molecule is COC.Nc1nncc2sc(CNC(=O)C3CCc4ncc(NCCCc5ccccc5)c(=O)n43)cc12. The summed E-state index contributed by atoms with van der Waals surface area (Å²) in [6.07, 6.45) is 6.21. The van der Waals surface area contributed by atoms with E-state index in [1.165, 1.54) is 21.5 Å². The van der Waals surface area contributed by atoms with Crippen LogP contribution in [0.2, 0.25) is 0 Å². The maximum absolute atomic E-state index is 13.1. The van der Waals surface area contributed by atoms with Crippen molar-refractivity contribution in [2.24, 2.45) is 0 Å². The Hall–Kier alpha value is -3.83. The lowest BCUT2D eigenvalue weighted by Crippen LogP contribution is -2.36. The van der Waals surface area contributed by atoms with Gasteiger partial charge in [0.1, 0.15) is 17.6 Å². The maximum atomic E-state index is 13.1. The molecule has 3 aromatic heterocycles. The lowest BCUT2D eigenvalue weighted by Gasteiger charge is -2.15. The summed E-state index contributed by atoms with van der Waals surface area (Å²) in [5, 5.41) is 14.7. The molecule has 0 aliphatic carbocycles. The third-order valence-electron chi connectivity index (χ3n) is 5.99. The van der Waals surface area contributed by atoms with Gasteiger partial charge < -0.3 is 21.1 Å². The number of rotatable bonds is 8. The van der Waals surface area contributed by atoms with Crippen LogP contribution in [0.25, 0.3) is 10.1 Å². The van der Waals surface area contributed by atoms with Gasteiger partial charge in [-0.15, -0.1) is 16.4 Å². The van der Waals surface area contributed by atoms with Crippen molar-refractivity contribution < 1.29 is 9.53 Å². The van der Waals surface area contributed by atoms with Gasteiger partial charge in [0.25, 0.3) is 5.56 Å². The fourth-order valence-electron chi connectivity index (χ4n) is 4.27. The fraction of sp³-hybridized carbons (Fsp3) is 0.346. The number of aromatic nitrogens is 4. The van der Waals surface area contributed by atoms with E-state index in [0.717, 1.165) is 27.8 Å². The van der Waals surface area contributed by atoms with Gasteiger partial charge in [0.15, 0.2) is 5.82 Å². The molecule has 0 spiro atoms. The monoisotopic (exact) mass is 521 g/mol. The Morgan fingerprint density at radius 1 is 1.24 bits per heavy atom. The van der Waals surface area contributed by atoms with Crippen LogP contribution in [0.3, 0.4) is 0 Å². The van der Waals surface area contributed by atoms with Crippen LogP contribution >= 0.6 is 11.3 Å². The Kier molecular flexibility index (Phi) is 8.81. The standard InChI is InChI=1S/C24H25N7O2S.C2H6O/c25-22-17-11-16(34-20(17)14-29-30-22)12-28-23(32)19-8-9-21-27-13-18(24(33)31(19)21)26-10-4-7-15-5-2-1-3-6-15;1-3-2/h1-3,5-6,11,13-14,19,26H,4,7-10,12H2,(H2,25,30)(H,28,32);1-2H3. The van der Waals surface area contributed by atoms with Crippen molar-refractivity contribution in [2.75, 3.05) is 31.8 Å². The number of thiophene rings is 1. The van der Waals surface area contributed by atoms with Crippen LogP contribution in [0.1, 0.15) is 35.1 Å². The van der Waals surface area contributed by atoms with Crippen LogP contribution in [0, 0.1) is 0 Å². The molecule has 1 aromatic carbocycles. The molecule has 194 valence electrons. The number of carbonyl (C=O) groups is 1. The minimum Gasteiger partial charge on any atom is -0.388 e. The van der Waals surface area contributed by atoms with E-state index in [9.17, 15) is 9.59 Å². The Labute approximate surface area is 218 Å².